The Balaban J connectivity index is 1.90. The number of likely N-dealkylation sites (tertiary alicyclic amines) is 1. The van der Waals surface area contributed by atoms with Crippen LogP contribution in [0.2, 0.25) is 5.02 Å². The van der Waals surface area contributed by atoms with Crippen molar-refractivity contribution in [3.8, 4) is 5.69 Å². The zero-order valence-corrected chi connectivity index (χ0v) is 17.6. The number of hydrogen-bond acceptors (Lipinski definition) is 7. The molecule has 2 aromatic rings. The van der Waals surface area contributed by atoms with Crippen LogP contribution in [-0.2, 0) is 14.3 Å². The van der Waals surface area contributed by atoms with E-state index in [4.69, 9.17) is 21.1 Å². The monoisotopic (exact) mass is 421 g/mol. The molecule has 1 fully saturated rings. The van der Waals surface area contributed by atoms with Crippen LogP contribution in [0.3, 0.4) is 0 Å². The van der Waals surface area contributed by atoms with Gasteiger partial charge in [-0.25, -0.2) is 9.59 Å². The molecule has 2 atom stereocenters. The number of nitrogens with zero attached hydrogens (tertiary/aromatic N) is 5. The molecule has 0 bridgehead atoms. The first-order valence-electron chi connectivity index (χ1n) is 9.43. The quantitative estimate of drug-likeness (QED) is 0.698. The Hall–Kier alpha value is -2.68. The summed E-state index contributed by atoms with van der Waals surface area (Å²) in [5, 5.41) is 13.1. The van der Waals surface area contributed by atoms with Crippen LogP contribution in [0.25, 0.3) is 5.69 Å². The van der Waals surface area contributed by atoms with Crippen molar-refractivity contribution < 1.29 is 19.1 Å². The zero-order valence-electron chi connectivity index (χ0n) is 16.8. The fraction of sp³-hybridized carbons (Fsp3) is 0.526. The first-order valence-corrected chi connectivity index (χ1v) is 9.81. The zero-order chi connectivity index (χ0) is 21.2. The van der Waals surface area contributed by atoms with Crippen molar-refractivity contribution in [2.75, 3.05) is 6.61 Å². The molecule has 156 valence electrons. The molecular weight excluding hydrogens is 398 g/mol. The fourth-order valence-corrected chi connectivity index (χ4v) is 3.36. The van der Waals surface area contributed by atoms with Gasteiger partial charge in [-0.1, -0.05) is 17.7 Å². The first kappa shape index (κ1) is 21.0. The van der Waals surface area contributed by atoms with Gasteiger partial charge in [0.1, 0.15) is 11.6 Å². The molecule has 29 heavy (non-hydrogen) atoms. The number of carbonyl (C=O) groups excluding carboxylic acids is 2. The molecule has 0 aliphatic carbocycles. The van der Waals surface area contributed by atoms with E-state index in [-0.39, 0.29) is 6.61 Å². The van der Waals surface area contributed by atoms with Gasteiger partial charge in [-0.3, -0.25) is 4.90 Å². The van der Waals surface area contributed by atoms with E-state index in [1.165, 1.54) is 9.70 Å². The Morgan fingerprint density at radius 3 is 2.69 bits per heavy atom. The van der Waals surface area contributed by atoms with Crippen LogP contribution < -0.4 is 0 Å². The molecule has 0 radical (unpaired) electrons. The van der Waals surface area contributed by atoms with E-state index in [2.05, 4.69) is 15.4 Å². The number of amides is 1. The molecule has 2 heterocycles. The van der Waals surface area contributed by atoms with Gasteiger partial charge in [-0.05, 0) is 63.9 Å². The van der Waals surface area contributed by atoms with Crippen LogP contribution in [0, 0.1) is 0 Å². The molecule has 1 amide bonds. The van der Waals surface area contributed by atoms with E-state index < -0.39 is 29.7 Å². The summed E-state index contributed by atoms with van der Waals surface area (Å²) >= 11 is 6.03. The summed E-state index contributed by atoms with van der Waals surface area (Å²) in [5.41, 5.74) is -0.0741. The van der Waals surface area contributed by atoms with Gasteiger partial charge in [0.25, 0.3) is 0 Å². The van der Waals surface area contributed by atoms with Gasteiger partial charge in [0, 0.05) is 5.02 Å². The van der Waals surface area contributed by atoms with Gasteiger partial charge in [0.05, 0.1) is 18.3 Å². The molecule has 1 aliphatic heterocycles. The normalized spacial score (nSPS) is 19.3. The lowest BCUT2D eigenvalue weighted by atomic mass is 10.2. The van der Waals surface area contributed by atoms with Crippen molar-refractivity contribution >= 4 is 23.7 Å². The predicted molar refractivity (Wildman–Crippen MR) is 105 cm³/mol. The Morgan fingerprint density at radius 1 is 1.28 bits per heavy atom. The maximum atomic E-state index is 12.9. The lowest BCUT2D eigenvalue weighted by Gasteiger charge is -2.30. The summed E-state index contributed by atoms with van der Waals surface area (Å²) in [6, 6.07) is 5.71. The number of rotatable bonds is 4. The van der Waals surface area contributed by atoms with Crippen molar-refractivity contribution in [1.29, 1.82) is 0 Å². The lowest BCUT2D eigenvalue weighted by molar-refractivity contribution is -0.148. The van der Waals surface area contributed by atoms with E-state index in [0.717, 1.165) is 0 Å². The second-order valence-electron chi connectivity index (χ2n) is 7.67. The van der Waals surface area contributed by atoms with Crippen LogP contribution in [-0.4, -0.2) is 55.4 Å². The van der Waals surface area contributed by atoms with Crippen LogP contribution in [0.15, 0.2) is 24.3 Å². The van der Waals surface area contributed by atoms with Crippen LogP contribution in [0.1, 0.15) is 52.4 Å². The van der Waals surface area contributed by atoms with Crippen LogP contribution in [0.5, 0.6) is 0 Å². The SMILES string of the molecule is CCOC(=O)C1CC[C@H](c2nnn(-c3cccc(Cl)c3)n2)N1C(=O)OC(C)(C)C. The molecule has 1 unspecified atom stereocenters. The van der Waals surface area contributed by atoms with Crippen LogP contribution in [0.4, 0.5) is 4.79 Å². The topological polar surface area (TPSA) is 99.4 Å². The molecule has 9 nitrogen and oxygen atoms in total. The summed E-state index contributed by atoms with van der Waals surface area (Å²) in [6.07, 6.45) is 0.301. The molecule has 1 aromatic carbocycles. The molecule has 0 spiro atoms. The lowest BCUT2D eigenvalue weighted by Crippen LogP contribution is -2.45. The molecule has 1 aliphatic rings. The second kappa shape index (κ2) is 8.36. The van der Waals surface area contributed by atoms with Gasteiger partial charge < -0.3 is 9.47 Å². The number of aromatic nitrogens is 4. The van der Waals surface area contributed by atoms with Gasteiger partial charge in [0.15, 0.2) is 5.82 Å². The number of ether oxygens (including phenoxy) is 2. The molecule has 0 N–H and O–H groups in total. The highest BCUT2D eigenvalue weighted by Gasteiger charge is 2.46. The van der Waals surface area contributed by atoms with Crippen molar-refractivity contribution in [2.24, 2.45) is 0 Å². The minimum absolute atomic E-state index is 0.228. The van der Waals surface area contributed by atoms with Crippen molar-refractivity contribution in [1.82, 2.24) is 25.1 Å². The van der Waals surface area contributed by atoms with Gasteiger partial charge in [0.2, 0.25) is 0 Å². The van der Waals surface area contributed by atoms with Crippen molar-refractivity contribution in [3.05, 3.63) is 35.1 Å². The minimum Gasteiger partial charge on any atom is -0.464 e. The molecule has 0 saturated carbocycles. The maximum Gasteiger partial charge on any atom is 0.411 e. The molecule has 1 saturated heterocycles. The number of halogens is 1. The molecule has 3 rings (SSSR count). The van der Waals surface area contributed by atoms with Gasteiger partial charge in [-0.2, -0.15) is 0 Å². The number of esters is 1. The minimum atomic E-state index is -0.757. The number of tetrazole rings is 1. The Labute approximate surface area is 173 Å². The third-order valence-corrected chi connectivity index (χ3v) is 4.55. The number of hydrogen-bond donors (Lipinski definition) is 0. The standard InChI is InChI=1S/C19H24ClN5O4/c1-5-28-17(26)15-10-9-14(24(15)18(27)29-19(2,3)4)16-21-23-25(22-16)13-8-6-7-12(20)11-13/h6-8,11,14-15H,5,9-10H2,1-4H3/t14-,15?/m1/s1. The number of benzene rings is 1. The van der Waals surface area contributed by atoms with E-state index in [9.17, 15) is 9.59 Å². The maximum absolute atomic E-state index is 12.9. The molecule has 1 aromatic heterocycles. The van der Waals surface area contributed by atoms with Gasteiger partial charge in [-0.15, -0.1) is 15.0 Å². The predicted octanol–water partition coefficient (Wildman–Crippen LogP) is 3.32. The number of carbonyl (C=O) groups is 2. The third-order valence-electron chi connectivity index (χ3n) is 4.31. The molecular formula is C19H24ClN5O4. The smallest absolute Gasteiger partial charge is 0.411 e. The summed E-state index contributed by atoms with van der Waals surface area (Å²) in [5.74, 6) is -0.147. The Bertz CT molecular complexity index is 895. The summed E-state index contributed by atoms with van der Waals surface area (Å²) in [7, 11) is 0. The highest BCUT2D eigenvalue weighted by molar-refractivity contribution is 6.30. The Kier molecular flexibility index (Phi) is 6.07. The summed E-state index contributed by atoms with van der Waals surface area (Å²) in [4.78, 5) is 28.0. The highest BCUT2D eigenvalue weighted by Crippen LogP contribution is 2.36. The van der Waals surface area contributed by atoms with E-state index in [0.29, 0.717) is 29.4 Å². The Morgan fingerprint density at radius 2 is 2.03 bits per heavy atom. The van der Waals surface area contributed by atoms with Crippen molar-refractivity contribution in [3.63, 3.8) is 0 Å². The third kappa shape index (κ3) is 4.84. The first-order chi connectivity index (χ1) is 13.7. The largest absolute Gasteiger partial charge is 0.464 e. The molecule has 10 heteroatoms. The van der Waals surface area contributed by atoms with E-state index >= 15 is 0 Å². The van der Waals surface area contributed by atoms with Crippen molar-refractivity contribution in [2.45, 2.75) is 58.2 Å². The summed E-state index contributed by atoms with van der Waals surface area (Å²) < 4.78 is 10.7. The fourth-order valence-electron chi connectivity index (χ4n) is 3.17. The van der Waals surface area contributed by atoms with Gasteiger partial charge >= 0.3 is 12.1 Å². The highest BCUT2D eigenvalue weighted by atomic mass is 35.5. The average Bonchev–Trinajstić information content (AvgIpc) is 3.27. The van der Waals surface area contributed by atoms with Crippen LogP contribution >= 0.6 is 11.6 Å². The van der Waals surface area contributed by atoms with E-state index in [1.54, 1.807) is 52.0 Å². The average molecular weight is 422 g/mol. The van der Waals surface area contributed by atoms with E-state index in [1.807, 2.05) is 0 Å². The summed E-state index contributed by atoms with van der Waals surface area (Å²) in [6.45, 7) is 7.25. The second-order valence-corrected chi connectivity index (χ2v) is 8.10.